The zero-order chi connectivity index (χ0) is 19.8. The molecule has 0 saturated carbocycles. The lowest BCUT2D eigenvalue weighted by molar-refractivity contribution is 0.617. The third-order valence-corrected chi connectivity index (χ3v) is 10.6. The molecule has 4 aromatic carbocycles. The number of hydrogen-bond acceptors (Lipinski definition) is 3. The zero-order valence-electron chi connectivity index (χ0n) is 16.2. The second-order valence-electron chi connectivity index (χ2n) is 6.74. The topological polar surface area (TPSA) is 33.3 Å². The largest absolute Gasteiger partial charge is 0.422 e. The predicted molar refractivity (Wildman–Crippen MR) is 128 cm³/mol. The van der Waals surface area contributed by atoms with Gasteiger partial charge in [0, 0.05) is 11.4 Å². The number of para-hydroxylation sites is 2. The molecule has 0 unspecified atom stereocenters. The van der Waals surface area contributed by atoms with E-state index in [9.17, 15) is 0 Å². The second kappa shape index (κ2) is 9.38. The van der Waals surface area contributed by atoms with Crippen molar-refractivity contribution in [3.8, 4) is 0 Å². The average Bonchev–Trinajstić information content (AvgIpc) is 2.81. The summed E-state index contributed by atoms with van der Waals surface area (Å²) >= 11 is 0. The first kappa shape index (κ1) is 19.2. The molecule has 0 saturated heterocycles. The Bertz CT molecular complexity index is 960. The van der Waals surface area contributed by atoms with Crippen LogP contribution in [-0.2, 0) is 4.12 Å². The highest BCUT2D eigenvalue weighted by Gasteiger charge is 2.40. The Morgan fingerprint density at radius 2 is 0.931 bits per heavy atom. The number of rotatable bonds is 8. The number of nitrogens with one attached hydrogen (secondary N) is 2. The molecule has 0 heterocycles. The summed E-state index contributed by atoms with van der Waals surface area (Å²) in [6, 6.07) is 41.7. The highest BCUT2D eigenvalue weighted by atomic mass is 28.4. The van der Waals surface area contributed by atoms with Crippen molar-refractivity contribution in [3.63, 3.8) is 0 Å². The molecular formula is C24H24N2OSi2. The maximum absolute atomic E-state index is 6.87. The normalized spacial score (nSPS) is 11.4. The van der Waals surface area contributed by atoms with Crippen LogP contribution in [0.2, 0.25) is 0 Å². The van der Waals surface area contributed by atoms with Crippen molar-refractivity contribution < 1.29 is 4.12 Å². The minimum Gasteiger partial charge on any atom is -0.422 e. The molecule has 0 radical (unpaired) electrons. The lowest BCUT2D eigenvalue weighted by atomic mass is 10.3. The number of anilines is 2. The Labute approximate surface area is 175 Å². The van der Waals surface area contributed by atoms with Gasteiger partial charge in [-0.1, -0.05) is 97.1 Å². The molecule has 29 heavy (non-hydrogen) atoms. The Balaban J connectivity index is 1.72. The van der Waals surface area contributed by atoms with Gasteiger partial charge in [0.15, 0.2) is 0 Å². The summed E-state index contributed by atoms with van der Waals surface area (Å²) in [5, 5.41) is 2.41. The fourth-order valence-corrected chi connectivity index (χ4v) is 9.07. The van der Waals surface area contributed by atoms with E-state index < -0.39 is 18.4 Å². The van der Waals surface area contributed by atoms with E-state index in [0.717, 1.165) is 11.4 Å². The Kier molecular flexibility index (Phi) is 6.21. The average molecular weight is 413 g/mol. The fraction of sp³-hybridized carbons (Fsp3) is 0. The van der Waals surface area contributed by atoms with Crippen LogP contribution in [-0.4, -0.2) is 18.4 Å². The van der Waals surface area contributed by atoms with Gasteiger partial charge in [-0.25, -0.2) is 0 Å². The molecule has 0 fully saturated rings. The van der Waals surface area contributed by atoms with E-state index in [1.165, 1.54) is 10.4 Å². The van der Waals surface area contributed by atoms with Crippen LogP contribution >= 0.6 is 0 Å². The quantitative estimate of drug-likeness (QED) is 0.435. The summed E-state index contributed by atoms with van der Waals surface area (Å²) in [7, 11) is -3.74. The lowest BCUT2D eigenvalue weighted by Crippen LogP contribution is -2.68. The van der Waals surface area contributed by atoms with Gasteiger partial charge < -0.3 is 14.1 Å². The van der Waals surface area contributed by atoms with Crippen LogP contribution < -0.4 is 20.3 Å². The zero-order valence-corrected chi connectivity index (χ0v) is 18.6. The van der Waals surface area contributed by atoms with Crippen molar-refractivity contribution in [3.05, 3.63) is 121 Å². The first-order valence-electron chi connectivity index (χ1n) is 9.74. The van der Waals surface area contributed by atoms with Gasteiger partial charge in [-0.15, -0.1) is 0 Å². The van der Waals surface area contributed by atoms with E-state index in [1.54, 1.807) is 0 Å². The molecule has 2 N–H and O–H groups in total. The molecule has 4 rings (SSSR count). The van der Waals surface area contributed by atoms with Gasteiger partial charge in [0.05, 0.1) is 0 Å². The minimum atomic E-state index is -2.69. The van der Waals surface area contributed by atoms with Crippen LogP contribution in [0.25, 0.3) is 0 Å². The summed E-state index contributed by atoms with van der Waals surface area (Å²) in [4.78, 5) is 7.36. The predicted octanol–water partition coefficient (Wildman–Crippen LogP) is 3.48. The van der Waals surface area contributed by atoms with Crippen molar-refractivity contribution in [2.45, 2.75) is 0 Å². The van der Waals surface area contributed by atoms with Gasteiger partial charge >= 0.3 is 8.48 Å². The molecule has 0 atom stereocenters. The van der Waals surface area contributed by atoms with Crippen LogP contribution in [0.3, 0.4) is 0 Å². The maximum atomic E-state index is 6.87. The third kappa shape index (κ3) is 4.66. The molecule has 0 aliphatic rings. The molecule has 0 bridgehead atoms. The number of benzene rings is 4. The molecule has 0 aliphatic carbocycles. The molecule has 4 aromatic rings. The fourth-order valence-electron chi connectivity index (χ4n) is 3.37. The van der Waals surface area contributed by atoms with E-state index >= 15 is 0 Å². The molecule has 0 aliphatic heterocycles. The first-order chi connectivity index (χ1) is 14.4. The summed E-state index contributed by atoms with van der Waals surface area (Å²) < 4.78 is 6.87. The summed E-state index contributed by atoms with van der Waals surface area (Å²) in [6.45, 7) is 0. The minimum absolute atomic E-state index is 1.05. The van der Waals surface area contributed by atoms with Gasteiger partial charge in [0.1, 0.15) is 0 Å². The first-order valence-corrected chi connectivity index (χ1v) is 12.9. The van der Waals surface area contributed by atoms with E-state index in [0.29, 0.717) is 0 Å². The van der Waals surface area contributed by atoms with Crippen LogP contribution in [0.4, 0.5) is 11.4 Å². The standard InChI is InChI=1S/C24H24N2OSi2/c1-5-13-21(14-6-1)25-28-27-29(23-17-9-3-10-18-23,24-19-11-4-12-20-24)26-22-15-7-2-8-16-22/h1-20,25-26H,28H2. The van der Waals surface area contributed by atoms with Crippen LogP contribution in [0.1, 0.15) is 0 Å². The Morgan fingerprint density at radius 1 is 0.517 bits per heavy atom. The molecule has 144 valence electrons. The second-order valence-corrected chi connectivity index (χ2v) is 11.3. The highest BCUT2D eigenvalue weighted by molar-refractivity contribution is 7.01. The summed E-state index contributed by atoms with van der Waals surface area (Å²) in [6.07, 6.45) is 0. The van der Waals surface area contributed by atoms with Crippen LogP contribution in [0.5, 0.6) is 0 Å². The SMILES string of the molecule is c1ccc(N[SiH2]O[Si](Nc2ccccc2)(c2ccccc2)c2ccccc2)cc1. The molecular weight excluding hydrogens is 388 g/mol. The molecule has 3 nitrogen and oxygen atoms in total. The van der Waals surface area contributed by atoms with Crippen LogP contribution in [0, 0.1) is 0 Å². The van der Waals surface area contributed by atoms with E-state index in [4.69, 9.17) is 4.12 Å². The van der Waals surface area contributed by atoms with Crippen molar-refractivity contribution in [1.82, 2.24) is 0 Å². The Morgan fingerprint density at radius 3 is 1.41 bits per heavy atom. The highest BCUT2D eigenvalue weighted by Crippen LogP contribution is 2.15. The number of hydrogen-bond donors (Lipinski definition) is 2. The van der Waals surface area contributed by atoms with Crippen molar-refractivity contribution in [2.24, 2.45) is 0 Å². The van der Waals surface area contributed by atoms with Crippen LogP contribution in [0.15, 0.2) is 121 Å². The van der Waals surface area contributed by atoms with Gasteiger partial charge in [0.2, 0.25) is 0 Å². The van der Waals surface area contributed by atoms with E-state index in [2.05, 4.69) is 107 Å². The molecule has 0 aromatic heterocycles. The molecule has 5 heteroatoms. The smallest absolute Gasteiger partial charge is 0.356 e. The molecule has 0 spiro atoms. The Hall–Kier alpha value is -3.13. The van der Waals surface area contributed by atoms with Gasteiger partial charge in [-0.2, -0.15) is 0 Å². The summed E-state index contributed by atoms with van der Waals surface area (Å²) in [5.74, 6) is 0. The van der Waals surface area contributed by atoms with Crippen molar-refractivity contribution >= 4 is 40.2 Å². The third-order valence-electron chi connectivity index (χ3n) is 4.79. The van der Waals surface area contributed by atoms with Crippen molar-refractivity contribution in [2.75, 3.05) is 9.96 Å². The maximum Gasteiger partial charge on any atom is 0.356 e. The van der Waals surface area contributed by atoms with Gasteiger partial charge in [-0.3, -0.25) is 0 Å². The summed E-state index contributed by atoms with van der Waals surface area (Å²) in [5.41, 5.74) is 2.17. The van der Waals surface area contributed by atoms with E-state index in [1.807, 2.05) is 24.3 Å². The van der Waals surface area contributed by atoms with Gasteiger partial charge in [-0.05, 0) is 34.6 Å². The van der Waals surface area contributed by atoms with E-state index in [-0.39, 0.29) is 0 Å². The monoisotopic (exact) mass is 412 g/mol. The van der Waals surface area contributed by atoms with Crippen molar-refractivity contribution in [1.29, 1.82) is 0 Å². The van der Waals surface area contributed by atoms with Gasteiger partial charge in [0.25, 0.3) is 9.92 Å². The molecule has 0 amide bonds. The lowest BCUT2D eigenvalue weighted by Gasteiger charge is -2.34.